The van der Waals surface area contributed by atoms with E-state index in [1.165, 1.54) is 0 Å². The van der Waals surface area contributed by atoms with Crippen LogP contribution in [0.2, 0.25) is 0 Å². The van der Waals surface area contributed by atoms with Crippen LogP contribution in [-0.2, 0) is 43.0 Å². The molecule has 0 aliphatic carbocycles. The molecule has 0 heterocycles. The molecule has 0 bridgehead atoms. The summed E-state index contributed by atoms with van der Waals surface area (Å²) < 4.78 is 65.6. The van der Waals surface area contributed by atoms with Crippen LogP contribution in [-0.4, -0.2) is 98.9 Å². The average Bonchev–Trinajstić information content (AvgIpc) is 2.56. The molecule has 0 N–H and O–H groups in total. The van der Waals surface area contributed by atoms with E-state index in [-0.39, 0.29) is 49.4 Å². The quantitative estimate of drug-likeness (QED) is 0.0865. The summed E-state index contributed by atoms with van der Waals surface area (Å²) >= 11 is 0. The molecule has 0 amide bonds. The third kappa shape index (κ3) is 26.9. The van der Waals surface area contributed by atoms with Crippen LogP contribution in [0.25, 0.3) is 0 Å². The van der Waals surface area contributed by atoms with Crippen molar-refractivity contribution in [1.82, 2.24) is 0 Å². The maximum Gasteiger partial charge on any atom is 1.00 e. The molecule has 10 nitrogen and oxygen atoms in total. The van der Waals surface area contributed by atoms with Crippen LogP contribution in [0, 0.1) is 0 Å². The smallest absolute Gasteiger partial charge is 0.726 e. The van der Waals surface area contributed by atoms with Crippen molar-refractivity contribution < 1.29 is 75.1 Å². The van der Waals surface area contributed by atoms with E-state index in [4.69, 9.17) is 28.4 Å². The van der Waals surface area contributed by atoms with Crippen molar-refractivity contribution in [3.63, 3.8) is 0 Å². The van der Waals surface area contributed by atoms with Gasteiger partial charge < -0.3 is 33.0 Å². The second-order valence-electron chi connectivity index (χ2n) is 4.49. The van der Waals surface area contributed by atoms with Crippen LogP contribution in [0.5, 0.6) is 0 Å². The summed E-state index contributed by atoms with van der Waals surface area (Å²) in [6.07, 6.45) is 0. The third-order valence-electron chi connectivity index (χ3n) is 2.52. The Morgan fingerprint density at radius 1 is 0.577 bits per heavy atom. The van der Waals surface area contributed by atoms with Gasteiger partial charge in [0.1, 0.15) is 0 Å². The Morgan fingerprint density at radius 2 is 0.846 bits per heavy atom. The first-order valence-corrected chi connectivity index (χ1v) is 9.46. The van der Waals surface area contributed by atoms with Gasteiger partial charge in [-0.3, -0.25) is 4.18 Å². The molecule has 26 heavy (non-hydrogen) atoms. The molecule has 0 radical (unpaired) electrons. The zero-order chi connectivity index (χ0) is 18.6. The predicted octanol–water partition coefficient (Wildman–Crippen LogP) is -3.41. The second-order valence-corrected chi connectivity index (χ2v) is 5.54. The van der Waals surface area contributed by atoms with Crippen molar-refractivity contribution in [1.29, 1.82) is 0 Å². The van der Waals surface area contributed by atoms with Gasteiger partial charge in [0.2, 0.25) is 10.4 Å². The topological polar surface area (TPSA) is 122 Å². The maximum atomic E-state index is 10.1. The van der Waals surface area contributed by atoms with E-state index in [1.807, 2.05) is 6.92 Å². The molecule has 0 aliphatic heterocycles. The molecule has 152 valence electrons. The van der Waals surface area contributed by atoms with E-state index >= 15 is 0 Å². The van der Waals surface area contributed by atoms with Gasteiger partial charge in [-0.05, 0) is 6.92 Å². The Balaban J connectivity index is 0. The molecular formula is C14H29NaO10S. The first-order valence-electron chi connectivity index (χ1n) is 8.13. The largest absolute Gasteiger partial charge is 1.00 e. The van der Waals surface area contributed by atoms with Crippen molar-refractivity contribution in [3.8, 4) is 0 Å². The molecule has 0 rings (SSSR count). The molecule has 0 fully saturated rings. The molecule has 12 heteroatoms. The normalized spacial score (nSPS) is 11.5. The molecule has 0 atom stereocenters. The van der Waals surface area contributed by atoms with E-state index in [0.717, 1.165) is 0 Å². The van der Waals surface area contributed by atoms with Gasteiger partial charge in [0.25, 0.3) is 0 Å². The van der Waals surface area contributed by atoms with Crippen LogP contribution >= 0.6 is 0 Å². The summed E-state index contributed by atoms with van der Waals surface area (Å²) in [4.78, 5) is 0. The van der Waals surface area contributed by atoms with Crippen LogP contribution in [0.3, 0.4) is 0 Å². The SMILES string of the molecule is CCOCCOCCOCCOCCOCCOCCOS(=O)(=O)[O-].[Na+]. The molecule has 0 saturated carbocycles. The first-order chi connectivity index (χ1) is 12.1. The summed E-state index contributed by atoms with van der Waals surface area (Å²) in [5.41, 5.74) is 0. The molecule has 0 saturated heterocycles. The van der Waals surface area contributed by atoms with E-state index < -0.39 is 10.4 Å². The summed E-state index contributed by atoms with van der Waals surface area (Å²) in [5, 5.41) is 0. The molecule has 0 aromatic carbocycles. The van der Waals surface area contributed by atoms with Gasteiger partial charge in [0, 0.05) is 6.61 Å². The molecular weight excluding hydrogens is 383 g/mol. The van der Waals surface area contributed by atoms with Crippen LogP contribution < -0.4 is 29.6 Å². The summed E-state index contributed by atoms with van der Waals surface area (Å²) in [6.45, 7) is 6.97. The average molecular weight is 412 g/mol. The van der Waals surface area contributed by atoms with E-state index in [2.05, 4.69) is 4.18 Å². The molecule has 0 aromatic heterocycles. The van der Waals surface area contributed by atoms with E-state index in [1.54, 1.807) is 0 Å². The monoisotopic (exact) mass is 412 g/mol. The maximum absolute atomic E-state index is 10.1. The number of hydrogen-bond donors (Lipinski definition) is 0. The van der Waals surface area contributed by atoms with Crippen LogP contribution in [0.1, 0.15) is 6.92 Å². The van der Waals surface area contributed by atoms with Crippen molar-refractivity contribution in [3.05, 3.63) is 0 Å². The van der Waals surface area contributed by atoms with Gasteiger partial charge in [-0.25, -0.2) is 8.42 Å². The number of hydrogen-bond acceptors (Lipinski definition) is 10. The van der Waals surface area contributed by atoms with Crippen molar-refractivity contribution in [2.75, 3.05) is 85.9 Å². The minimum atomic E-state index is -4.65. The number of rotatable bonds is 20. The second kappa shape index (κ2) is 21.9. The standard InChI is InChI=1S/C14H30O10S.Na/c1-2-18-3-4-19-5-6-20-7-8-21-9-10-22-11-12-23-13-14-24-25(15,16)17;/h2-14H2,1H3,(H,15,16,17);/q;+1/p-1. The Labute approximate surface area is 178 Å². The zero-order valence-electron chi connectivity index (χ0n) is 15.7. The number of ether oxygens (including phenoxy) is 6. The van der Waals surface area contributed by atoms with Gasteiger partial charge in [-0.15, -0.1) is 0 Å². The fraction of sp³-hybridized carbons (Fsp3) is 1.00. The van der Waals surface area contributed by atoms with Crippen molar-refractivity contribution in [2.24, 2.45) is 0 Å². The summed E-state index contributed by atoms with van der Waals surface area (Å²) in [7, 11) is -4.65. The molecule has 0 spiro atoms. The minimum Gasteiger partial charge on any atom is -0.726 e. The Kier molecular flexibility index (Phi) is 24.3. The van der Waals surface area contributed by atoms with Gasteiger partial charge in [0.15, 0.2) is 0 Å². The summed E-state index contributed by atoms with van der Waals surface area (Å²) in [5.74, 6) is 0. The molecule has 0 unspecified atom stereocenters. The minimum absolute atomic E-state index is 0. The van der Waals surface area contributed by atoms with Gasteiger partial charge >= 0.3 is 29.6 Å². The fourth-order valence-electron chi connectivity index (χ4n) is 1.44. The molecule has 0 aliphatic rings. The third-order valence-corrected chi connectivity index (χ3v) is 2.97. The summed E-state index contributed by atoms with van der Waals surface area (Å²) in [6, 6.07) is 0. The first kappa shape index (κ1) is 28.8. The van der Waals surface area contributed by atoms with Crippen LogP contribution in [0.15, 0.2) is 0 Å². The van der Waals surface area contributed by atoms with Crippen LogP contribution in [0.4, 0.5) is 0 Å². The van der Waals surface area contributed by atoms with Crippen molar-refractivity contribution in [2.45, 2.75) is 6.92 Å². The van der Waals surface area contributed by atoms with E-state index in [9.17, 15) is 13.0 Å². The van der Waals surface area contributed by atoms with E-state index in [0.29, 0.717) is 66.1 Å². The molecule has 0 aromatic rings. The van der Waals surface area contributed by atoms with Gasteiger partial charge in [-0.1, -0.05) is 0 Å². The Morgan fingerprint density at radius 3 is 1.12 bits per heavy atom. The zero-order valence-corrected chi connectivity index (χ0v) is 18.5. The predicted molar refractivity (Wildman–Crippen MR) is 86.2 cm³/mol. The fourth-order valence-corrected chi connectivity index (χ4v) is 1.71. The Bertz CT molecular complexity index is 369. The Hall–Kier alpha value is 0.630. The van der Waals surface area contributed by atoms with Gasteiger partial charge in [-0.2, -0.15) is 0 Å². The van der Waals surface area contributed by atoms with Crippen molar-refractivity contribution >= 4 is 10.4 Å². The van der Waals surface area contributed by atoms with Gasteiger partial charge in [0.05, 0.1) is 79.3 Å².